The van der Waals surface area contributed by atoms with E-state index >= 15 is 0 Å². The molecule has 114 valence electrons. The first-order chi connectivity index (χ1) is 9.52. The van der Waals surface area contributed by atoms with Gasteiger partial charge in [-0.2, -0.15) is 0 Å². The third-order valence-corrected chi connectivity index (χ3v) is 3.05. The molecule has 0 radical (unpaired) electrons. The third kappa shape index (κ3) is 4.05. The first-order valence-electron chi connectivity index (χ1n) is 6.76. The predicted octanol–water partition coefficient (Wildman–Crippen LogP) is 1.84. The highest BCUT2D eigenvalue weighted by Crippen LogP contribution is 2.23. The zero-order valence-corrected chi connectivity index (χ0v) is 12.9. The van der Waals surface area contributed by atoms with Crippen molar-refractivity contribution in [3.63, 3.8) is 0 Å². The van der Waals surface area contributed by atoms with Crippen LogP contribution in [0, 0.1) is 6.92 Å². The molecule has 0 aliphatic heterocycles. The summed E-state index contributed by atoms with van der Waals surface area (Å²) in [6.07, 6.45) is 0. The largest absolute Gasteiger partial charge is 0.383 e. The molecule has 0 unspecified atom stereocenters. The Morgan fingerprint density at radius 1 is 1.25 bits per heavy atom. The van der Waals surface area contributed by atoms with Gasteiger partial charge in [0, 0.05) is 33.2 Å². The van der Waals surface area contributed by atoms with Gasteiger partial charge in [-0.15, -0.1) is 0 Å². The number of carbonyl (C=O) groups excluding carboxylic acids is 1. The van der Waals surface area contributed by atoms with E-state index in [-0.39, 0.29) is 11.8 Å². The zero-order chi connectivity index (χ0) is 15.1. The van der Waals surface area contributed by atoms with Crippen LogP contribution in [0.2, 0.25) is 0 Å². The van der Waals surface area contributed by atoms with E-state index in [1.54, 1.807) is 26.0 Å². The summed E-state index contributed by atoms with van der Waals surface area (Å²) in [6.45, 7) is 7.74. The second-order valence-corrected chi connectivity index (χ2v) is 4.94. The smallest absolute Gasteiger partial charge is 0.259 e. The molecule has 0 spiro atoms. The first kappa shape index (κ1) is 16.7. The number of carbonyl (C=O) groups is 1. The normalized spacial score (nSPS) is 11.1. The lowest BCUT2D eigenvalue weighted by Gasteiger charge is -2.22. The van der Waals surface area contributed by atoms with Crippen molar-refractivity contribution in [1.29, 1.82) is 0 Å². The van der Waals surface area contributed by atoms with Gasteiger partial charge in [0.2, 0.25) is 0 Å². The van der Waals surface area contributed by atoms with Crippen molar-refractivity contribution < 1.29 is 18.8 Å². The highest BCUT2D eigenvalue weighted by molar-refractivity contribution is 5.96. The van der Waals surface area contributed by atoms with Crippen molar-refractivity contribution in [2.75, 3.05) is 40.5 Å². The third-order valence-electron chi connectivity index (χ3n) is 3.05. The number of hydrogen-bond acceptors (Lipinski definition) is 5. The number of rotatable bonds is 8. The summed E-state index contributed by atoms with van der Waals surface area (Å²) < 4.78 is 15.4. The van der Waals surface area contributed by atoms with E-state index in [1.165, 1.54) is 0 Å². The van der Waals surface area contributed by atoms with Gasteiger partial charge in [0.25, 0.3) is 5.91 Å². The van der Waals surface area contributed by atoms with Crippen LogP contribution in [0.3, 0.4) is 0 Å². The Morgan fingerprint density at radius 2 is 1.80 bits per heavy atom. The van der Waals surface area contributed by atoms with Gasteiger partial charge in [0.1, 0.15) is 5.56 Å². The second kappa shape index (κ2) is 8.01. The molecular weight excluding hydrogens is 260 g/mol. The Labute approximate surface area is 120 Å². The monoisotopic (exact) mass is 284 g/mol. The maximum atomic E-state index is 12.7. The maximum absolute atomic E-state index is 12.7. The van der Waals surface area contributed by atoms with Crippen LogP contribution >= 0.6 is 0 Å². The van der Waals surface area contributed by atoms with Gasteiger partial charge >= 0.3 is 0 Å². The molecule has 0 aliphatic carbocycles. The molecule has 1 heterocycles. The van der Waals surface area contributed by atoms with Gasteiger partial charge in [-0.25, -0.2) is 0 Å². The molecule has 0 atom stereocenters. The van der Waals surface area contributed by atoms with Crippen molar-refractivity contribution in [3.05, 3.63) is 17.0 Å². The molecule has 0 aromatic carbocycles. The van der Waals surface area contributed by atoms with E-state index in [0.29, 0.717) is 43.3 Å². The molecule has 0 bridgehead atoms. The summed E-state index contributed by atoms with van der Waals surface area (Å²) in [6, 6.07) is 0. The number of hydrogen-bond donors (Lipinski definition) is 0. The second-order valence-electron chi connectivity index (χ2n) is 4.94. The Morgan fingerprint density at radius 3 is 2.25 bits per heavy atom. The lowest BCUT2D eigenvalue weighted by Crippen LogP contribution is -2.37. The minimum Gasteiger partial charge on any atom is -0.383 e. The molecule has 0 saturated carbocycles. The van der Waals surface area contributed by atoms with E-state index in [0.717, 1.165) is 0 Å². The summed E-state index contributed by atoms with van der Waals surface area (Å²) in [5, 5.41) is 3.92. The standard InChI is InChI=1S/C14H24N2O4/c1-10(2)13-12(11(3)15-20-13)14(17)16(6-8-18-4)7-9-19-5/h10H,6-9H2,1-5H3. The average molecular weight is 284 g/mol. The lowest BCUT2D eigenvalue weighted by atomic mass is 10.0. The SMILES string of the molecule is COCCN(CCOC)C(=O)c1c(C)noc1C(C)C. The molecule has 1 amide bonds. The van der Waals surface area contributed by atoms with Gasteiger partial charge in [-0.1, -0.05) is 19.0 Å². The molecule has 20 heavy (non-hydrogen) atoms. The van der Waals surface area contributed by atoms with Gasteiger partial charge in [0.05, 0.1) is 18.9 Å². The fourth-order valence-electron chi connectivity index (χ4n) is 1.92. The summed E-state index contributed by atoms with van der Waals surface area (Å²) in [5.41, 5.74) is 1.19. The van der Waals surface area contributed by atoms with E-state index in [1.807, 2.05) is 13.8 Å². The highest BCUT2D eigenvalue weighted by Gasteiger charge is 2.26. The molecule has 1 aromatic heterocycles. The molecule has 6 heteroatoms. The van der Waals surface area contributed by atoms with Crippen LogP contribution in [-0.4, -0.2) is 56.5 Å². The fraction of sp³-hybridized carbons (Fsp3) is 0.714. The van der Waals surface area contributed by atoms with Gasteiger partial charge < -0.3 is 18.9 Å². The Bertz CT molecular complexity index is 421. The summed E-state index contributed by atoms with van der Waals surface area (Å²) in [7, 11) is 3.23. The van der Waals surface area contributed by atoms with Crippen LogP contribution in [0.4, 0.5) is 0 Å². The van der Waals surface area contributed by atoms with Crippen molar-refractivity contribution in [2.24, 2.45) is 0 Å². The number of aryl methyl sites for hydroxylation is 1. The number of amides is 1. The molecular formula is C14H24N2O4. The van der Waals surface area contributed by atoms with Crippen molar-refractivity contribution >= 4 is 5.91 Å². The van der Waals surface area contributed by atoms with E-state index in [9.17, 15) is 4.79 Å². The van der Waals surface area contributed by atoms with E-state index in [4.69, 9.17) is 14.0 Å². The molecule has 1 rings (SSSR count). The fourth-order valence-corrected chi connectivity index (χ4v) is 1.92. The van der Waals surface area contributed by atoms with Crippen molar-refractivity contribution in [2.45, 2.75) is 26.7 Å². The number of aromatic nitrogens is 1. The molecule has 0 saturated heterocycles. The summed E-state index contributed by atoms with van der Waals surface area (Å²) in [5.74, 6) is 0.663. The average Bonchev–Trinajstić information content (AvgIpc) is 2.80. The van der Waals surface area contributed by atoms with Crippen molar-refractivity contribution in [1.82, 2.24) is 10.1 Å². The topological polar surface area (TPSA) is 64.8 Å². The summed E-state index contributed by atoms with van der Waals surface area (Å²) >= 11 is 0. The Balaban J connectivity index is 2.95. The van der Waals surface area contributed by atoms with Crippen molar-refractivity contribution in [3.8, 4) is 0 Å². The van der Waals surface area contributed by atoms with Crippen LogP contribution in [0.15, 0.2) is 4.52 Å². The van der Waals surface area contributed by atoms with E-state index in [2.05, 4.69) is 5.16 Å². The quantitative estimate of drug-likeness (QED) is 0.729. The van der Waals surface area contributed by atoms with Gasteiger partial charge in [-0.05, 0) is 6.92 Å². The predicted molar refractivity (Wildman–Crippen MR) is 75.0 cm³/mol. The van der Waals surface area contributed by atoms with Crippen LogP contribution in [0.5, 0.6) is 0 Å². The number of nitrogens with zero attached hydrogens (tertiary/aromatic N) is 2. The molecule has 6 nitrogen and oxygen atoms in total. The molecule has 0 N–H and O–H groups in total. The zero-order valence-electron chi connectivity index (χ0n) is 12.9. The number of methoxy groups -OCH3 is 2. The summed E-state index contributed by atoms with van der Waals surface area (Å²) in [4.78, 5) is 14.4. The van der Waals surface area contributed by atoms with Gasteiger partial charge in [0.15, 0.2) is 5.76 Å². The maximum Gasteiger partial charge on any atom is 0.259 e. The highest BCUT2D eigenvalue weighted by atomic mass is 16.5. The lowest BCUT2D eigenvalue weighted by molar-refractivity contribution is 0.0624. The Kier molecular flexibility index (Phi) is 6.67. The Hall–Kier alpha value is -1.40. The van der Waals surface area contributed by atoms with Crippen LogP contribution in [0.1, 0.15) is 41.6 Å². The first-order valence-corrected chi connectivity index (χ1v) is 6.76. The minimum atomic E-state index is -0.0819. The van der Waals surface area contributed by atoms with Crippen LogP contribution in [0.25, 0.3) is 0 Å². The minimum absolute atomic E-state index is 0.0819. The molecule has 0 aliphatic rings. The molecule has 1 aromatic rings. The van der Waals surface area contributed by atoms with Crippen LogP contribution in [-0.2, 0) is 9.47 Å². The van der Waals surface area contributed by atoms with Crippen LogP contribution < -0.4 is 0 Å². The number of ether oxygens (including phenoxy) is 2. The molecule has 0 fully saturated rings. The van der Waals surface area contributed by atoms with Gasteiger partial charge in [-0.3, -0.25) is 4.79 Å². The van der Waals surface area contributed by atoms with E-state index < -0.39 is 0 Å².